The number of nitrogens with zero attached hydrogens (tertiary/aromatic N) is 2. The zero-order valence-corrected chi connectivity index (χ0v) is 14.6. The van der Waals surface area contributed by atoms with E-state index < -0.39 is 0 Å². The van der Waals surface area contributed by atoms with Gasteiger partial charge in [0.2, 0.25) is 0 Å². The molecule has 2 rings (SSSR count). The van der Waals surface area contributed by atoms with E-state index in [0.717, 1.165) is 18.2 Å². The third-order valence-electron chi connectivity index (χ3n) is 4.50. The normalized spacial score (nSPS) is 18.2. The monoisotopic (exact) mass is 291 g/mol. The van der Waals surface area contributed by atoms with Crippen molar-refractivity contribution in [2.24, 2.45) is 5.92 Å². The van der Waals surface area contributed by atoms with Crippen LogP contribution in [0.1, 0.15) is 90.6 Å². The van der Waals surface area contributed by atoms with Gasteiger partial charge in [0.25, 0.3) is 0 Å². The molecule has 0 spiro atoms. The summed E-state index contributed by atoms with van der Waals surface area (Å²) in [6.07, 6.45) is 7.90. The van der Waals surface area contributed by atoms with Crippen LogP contribution in [0.5, 0.6) is 0 Å². The van der Waals surface area contributed by atoms with Crippen LogP contribution in [-0.4, -0.2) is 9.55 Å². The Labute approximate surface area is 130 Å². The summed E-state index contributed by atoms with van der Waals surface area (Å²) in [5, 5.41) is 0. The van der Waals surface area contributed by atoms with Crippen LogP contribution in [0.4, 0.5) is 5.82 Å². The molecule has 21 heavy (non-hydrogen) atoms. The van der Waals surface area contributed by atoms with Crippen LogP contribution in [0.25, 0.3) is 0 Å². The van der Waals surface area contributed by atoms with Crippen LogP contribution >= 0.6 is 0 Å². The molecule has 0 saturated heterocycles. The standard InChI is InChI=1S/C18H33N3/c1-13(2)12-21-16(19)15(20-17(21)18(3,4)5)14-10-8-6-7-9-11-14/h13-14H,6-12,19H2,1-5H3. The summed E-state index contributed by atoms with van der Waals surface area (Å²) in [7, 11) is 0. The predicted octanol–water partition coefficient (Wildman–Crippen LogP) is 4.86. The van der Waals surface area contributed by atoms with E-state index in [2.05, 4.69) is 39.2 Å². The second-order valence-electron chi connectivity index (χ2n) is 8.15. The van der Waals surface area contributed by atoms with Crippen LogP contribution in [-0.2, 0) is 12.0 Å². The SMILES string of the molecule is CC(C)Cn1c(C(C)(C)C)nc(C2CCCCCC2)c1N. The highest BCUT2D eigenvalue weighted by atomic mass is 15.2. The lowest BCUT2D eigenvalue weighted by atomic mass is 9.95. The number of nitrogens with two attached hydrogens (primary N) is 1. The van der Waals surface area contributed by atoms with Gasteiger partial charge in [-0.2, -0.15) is 0 Å². The molecule has 1 aliphatic rings. The Kier molecular flexibility index (Phi) is 5.00. The van der Waals surface area contributed by atoms with Crippen molar-refractivity contribution in [2.45, 2.75) is 91.0 Å². The number of hydrogen-bond donors (Lipinski definition) is 1. The van der Waals surface area contributed by atoms with Crippen molar-refractivity contribution in [3.8, 4) is 0 Å². The molecule has 1 heterocycles. The van der Waals surface area contributed by atoms with Gasteiger partial charge in [-0.05, 0) is 18.8 Å². The number of imidazole rings is 1. The molecule has 0 unspecified atom stereocenters. The highest BCUT2D eigenvalue weighted by Gasteiger charge is 2.28. The maximum atomic E-state index is 6.53. The Bertz CT molecular complexity index is 458. The van der Waals surface area contributed by atoms with E-state index in [4.69, 9.17) is 10.7 Å². The van der Waals surface area contributed by atoms with Gasteiger partial charge >= 0.3 is 0 Å². The first-order valence-electron chi connectivity index (χ1n) is 8.67. The van der Waals surface area contributed by atoms with E-state index in [1.807, 2.05) is 0 Å². The van der Waals surface area contributed by atoms with Crippen LogP contribution in [0.3, 0.4) is 0 Å². The number of rotatable bonds is 3. The maximum Gasteiger partial charge on any atom is 0.127 e. The van der Waals surface area contributed by atoms with Gasteiger partial charge in [-0.25, -0.2) is 4.98 Å². The quantitative estimate of drug-likeness (QED) is 0.808. The molecule has 2 N–H and O–H groups in total. The number of aromatic nitrogens is 2. The molecule has 0 bridgehead atoms. The molecule has 1 aliphatic carbocycles. The molecule has 120 valence electrons. The Hall–Kier alpha value is -0.990. The van der Waals surface area contributed by atoms with Gasteiger partial charge in [-0.1, -0.05) is 60.3 Å². The molecule has 1 fully saturated rings. The fourth-order valence-electron chi connectivity index (χ4n) is 3.46. The lowest BCUT2D eigenvalue weighted by molar-refractivity contribution is 0.454. The van der Waals surface area contributed by atoms with E-state index in [1.54, 1.807) is 0 Å². The molecular weight excluding hydrogens is 258 g/mol. The first kappa shape index (κ1) is 16.4. The van der Waals surface area contributed by atoms with Crippen molar-refractivity contribution < 1.29 is 0 Å². The largest absolute Gasteiger partial charge is 0.384 e. The van der Waals surface area contributed by atoms with Gasteiger partial charge in [0, 0.05) is 17.9 Å². The topological polar surface area (TPSA) is 43.8 Å². The molecule has 1 aromatic rings. The first-order chi connectivity index (χ1) is 9.80. The molecule has 0 radical (unpaired) electrons. The maximum absolute atomic E-state index is 6.53. The second-order valence-corrected chi connectivity index (χ2v) is 8.15. The smallest absolute Gasteiger partial charge is 0.127 e. The Morgan fingerprint density at radius 2 is 1.71 bits per heavy atom. The van der Waals surface area contributed by atoms with E-state index in [1.165, 1.54) is 44.2 Å². The minimum atomic E-state index is 0.0476. The summed E-state index contributed by atoms with van der Waals surface area (Å²) in [5.41, 5.74) is 7.76. The van der Waals surface area contributed by atoms with Crippen LogP contribution in [0, 0.1) is 5.92 Å². The summed E-state index contributed by atoms with van der Waals surface area (Å²) >= 11 is 0. The molecule has 0 aromatic carbocycles. The fourth-order valence-corrected chi connectivity index (χ4v) is 3.46. The average Bonchev–Trinajstić information content (AvgIpc) is 2.58. The van der Waals surface area contributed by atoms with Crippen LogP contribution in [0.15, 0.2) is 0 Å². The minimum Gasteiger partial charge on any atom is -0.384 e. The molecular formula is C18H33N3. The number of hydrogen-bond acceptors (Lipinski definition) is 2. The molecule has 0 atom stereocenters. The lowest BCUT2D eigenvalue weighted by Gasteiger charge is -2.21. The van der Waals surface area contributed by atoms with Gasteiger partial charge in [0.1, 0.15) is 11.6 Å². The van der Waals surface area contributed by atoms with Crippen molar-refractivity contribution >= 4 is 5.82 Å². The molecule has 0 aliphatic heterocycles. The average molecular weight is 291 g/mol. The Morgan fingerprint density at radius 1 is 1.14 bits per heavy atom. The fraction of sp³-hybridized carbons (Fsp3) is 0.833. The third-order valence-corrected chi connectivity index (χ3v) is 4.50. The highest BCUT2D eigenvalue weighted by molar-refractivity contribution is 5.42. The summed E-state index contributed by atoms with van der Waals surface area (Å²) in [6, 6.07) is 0. The van der Waals surface area contributed by atoms with Crippen molar-refractivity contribution in [1.82, 2.24) is 9.55 Å². The van der Waals surface area contributed by atoms with Gasteiger partial charge in [0.05, 0.1) is 5.69 Å². The molecule has 3 heteroatoms. The van der Waals surface area contributed by atoms with Gasteiger partial charge in [0.15, 0.2) is 0 Å². The molecule has 0 amide bonds. The van der Waals surface area contributed by atoms with Gasteiger partial charge in [-0.15, -0.1) is 0 Å². The van der Waals surface area contributed by atoms with E-state index >= 15 is 0 Å². The zero-order valence-electron chi connectivity index (χ0n) is 14.6. The Balaban J connectivity index is 2.39. The first-order valence-corrected chi connectivity index (χ1v) is 8.67. The molecule has 1 aromatic heterocycles. The summed E-state index contributed by atoms with van der Waals surface area (Å²) in [4.78, 5) is 5.04. The van der Waals surface area contributed by atoms with Crippen molar-refractivity contribution in [3.05, 3.63) is 11.5 Å². The zero-order chi connectivity index (χ0) is 15.6. The summed E-state index contributed by atoms with van der Waals surface area (Å²) in [5.74, 6) is 3.25. The van der Waals surface area contributed by atoms with Gasteiger partial charge < -0.3 is 10.3 Å². The Morgan fingerprint density at radius 3 is 2.19 bits per heavy atom. The number of anilines is 1. The predicted molar refractivity (Wildman–Crippen MR) is 90.6 cm³/mol. The van der Waals surface area contributed by atoms with Gasteiger partial charge in [-0.3, -0.25) is 0 Å². The lowest BCUT2D eigenvalue weighted by Crippen LogP contribution is -2.21. The third kappa shape index (κ3) is 3.81. The molecule has 3 nitrogen and oxygen atoms in total. The van der Waals surface area contributed by atoms with Crippen LogP contribution < -0.4 is 5.73 Å². The highest BCUT2D eigenvalue weighted by Crippen LogP contribution is 2.37. The summed E-state index contributed by atoms with van der Waals surface area (Å²) in [6.45, 7) is 12.2. The minimum absolute atomic E-state index is 0.0476. The molecule has 1 saturated carbocycles. The van der Waals surface area contributed by atoms with E-state index in [0.29, 0.717) is 11.8 Å². The van der Waals surface area contributed by atoms with E-state index in [9.17, 15) is 0 Å². The van der Waals surface area contributed by atoms with E-state index in [-0.39, 0.29) is 5.41 Å². The summed E-state index contributed by atoms with van der Waals surface area (Å²) < 4.78 is 2.28. The second kappa shape index (κ2) is 6.41. The van der Waals surface area contributed by atoms with Crippen molar-refractivity contribution in [3.63, 3.8) is 0 Å². The van der Waals surface area contributed by atoms with Crippen molar-refractivity contribution in [1.29, 1.82) is 0 Å². The van der Waals surface area contributed by atoms with Crippen molar-refractivity contribution in [2.75, 3.05) is 5.73 Å². The number of nitrogen functional groups attached to an aromatic ring is 1. The van der Waals surface area contributed by atoms with Crippen LogP contribution in [0.2, 0.25) is 0 Å².